The van der Waals surface area contributed by atoms with Gasteiger partial charge in [-0.15, -0.1) is 0 Å². The number of carbonyl (C=O) groups excluding carboxylic acids is 1. The van der Waals surface area contributed by atoms with Gasteiger partial charge in [-0.2, -0.15) is 0 Å². The van der Waals surface area contributed by atoms with Gasteiger partial charge in [-0.25, -0.2) is 13.2 Å². The molecule has 32 heavy (non-hydrogen) atoms. The first kappa shape index (κ1) is 27.3. The smallest absolute Gasteiger partial charge is 0.726 e. The number of hydrogen-bond donors (Lipinski definition) is 3. The van der Waals surface area contributed by atoms with Crippen LogP contribution in [-0.2, 0) is 24.1 Å². The molecule has 0 aliphatic carbocycles. The molecule has 12 nitrogen and oxygen atoms in total. The van der Waals surface area contributed by atoms with Crippen molar-refractivity contribution in [1.82, 2.24) is 5.32 Å². The van der Waals surface area contributed by atoms with E-state index in [4.69, 9.17) is 13.9 Å². The predicted molar refractivity (Wildman–Crippen MR) is 102 cm³/mol. The normalized spacial score (nSPS) is 25.7. The number of ether oxygens (including phenoxy) is 2. The summed E-state index contributed by atoms with van der Waals surface area (Å²) in [7, 11) is -5.08. The number of benzene rings is 1. The maximum Gasteiger partial charge on any atom is 1.00 e. The average Bonchev–Trinajstić information content (AvgIpc) is 2.65. The first-order chi connectivity index (χ1) is 14.4. The molecule has 2 aromatic rings. The summed E-state index contributed by atoms with van der Waals surface area (Å²) < 4.78 is 52.6. The van der Waals surface area contributed by atoms with Gasteiger partial charge in [0.15, 0.2) is 0 Å². The molecule has 3 N–H and O–H groups in total. The van der Waals surface area contributed by atoms with Gasteiger partial charge in [0.2, 0.25) is 22.6 Å². The van der Waals surface area contributed by atoms with Crippen molar-refractivity contribution in [3.63, 3.8) is 0 Å². The number of rotatable bonds is 6. The van der Waals surface area contributed by atoms with Gasteiger partial charge in [0, 0.05) is 24.4 Å². The van der Waals surface area contributed by atoms with Crippen molar-refractivity contribution in [3.05, 3.63) is 40.2 Å². The number of aliphatic hydroxyl groups is 2. The van der Waals surface area contributed by atoms with Crippen LogP contribution in [-0.4, -0.2) is 66.3 Å². The Morgan fingerprint density at radius 3 is 2.56 bits per heavy atom. The van der Waals surface area contributed by atoms with Crippen LogP contribution in [0.25, 0.3) is 11.0 Å². The molecule has 170 valence electrons. The Morgan fingerprint density at radius 2 is 1.94 bits per heavy atom. The number of amides is 1. The minimum atomic E-state index is -5.08. The topological polar surface area (TPSA) is 185 Å². The van der Waals surface area contributed by atoms with Gasteiger partial charge in [0.25, 0.3) is 0 Å². The summed E-state index contributed by atoms with van der Waals surface area (Å²) in [5.41, 5.74) is 0.325. The van der Waals surface area contributed by atoms with E-state index in [0.29, 0.717) is 10.9 Å². The summed E-state index contributed by atoms with van der Waals surface area (Å²) in [5.74, 6) is -0.438. The van der Waals surface area contributed by atoms with Crippen molar-refractivity contribution in [2.24, 2.45) is 0 Å². The molecule has 1 aromatic heterocycles. The van der Waals surface area contributed by atoms with Gasteiger partial charge < -0.3 is 34.0 Å². The Hall–Kier alpha value is -0.914. The predicted octanol–water partition coefficient (Wildman–Crippen LogP) is -4.09. The van der Waals surface area contributed by atoms with Crippen molar-refractivity contribution < 1.29 is 97.4 Å². The van der Waals surface area contributed by atoms with Crippen LogP contribution in [0.5, 0.6) is 5.75 Å². The van der Waals surface area contributed by atoms with Crippen LogP contribution in [0.1, 0.15) is 12.5 Å². The van der Waals surface area contributed by atoms with Gasteiger partial charge in [0.1, 0.15) is 35.7 Å². The minimum absolute atomic E-state index is 0. The summed E-state index contributed by atoms with van der Waals surface area (Å²) in [5, 5.41) is 23.6. The molecule has 3 rings (SSSR count). The molecule has 1 fully saturated rings. The van der Waals surface area contributed by atoms with Crippen LogP contribution < -0.4 is 67.1 Å². The number of carbonyl (C=O) groups is 1. The minimum Gasteiger partial charge on any atom is -0.726 e. The van der Waals surface area contributed by atoms with Crippen molar-refractivity contribution in [2.45, 2.75) is 44.5 Å². The number of nitrogens with one attached hydrogen (secondary N) is 1. The van der Waals surface area contributed by atoms with Gasteiger partial charge >= 0.3 is 57.0 Å². The fourth-order valence-corrected chi connectivity index (χ4v) is 3.52. The third kappa shape index (κ3) is 6.80. The Balaban J connectivity index is 0.00000363. The van der Waals surface area contributed by atoms with E-state index in [1.54, 1.807) is 13.0 Å². The first-order valence-corrected chi connectivity index (χ1v) is 10.4. The second kappa shape index (κ2) is 11.0. The molecule has 0 spiro atoms. The number of fused-ring (bicyclic) bond motifs is 1. The Bertz CT molecular complexity index is 1140. The SMILES string of the molecule is CC(=O)N[C@H]1[C@H](Oc2ccc3c(C)cc(=O)oc3c2)O[C@H](COS(=O)(=O)[O-])[C@@H](O)[C@@H]1O.[K+]. The Kier molecular flexibility index (Phi) is 9.40. The van der Waals surface area contributed by atoms with E-state index in [0.717, 1.165) is 0 Å². The fourth-order valence-electron chi connectivity index (χ4n) is 3.22. The maximum atomic E-state index is 11.6. The summed E-state index contributed by atoms with van der Waals surface area (Å²) in [6.45, 7) is 2.01. The molecule has 1 aliphatic heterocycles. The van der Waals surface area contributed by atoms with E-state index in [-0.39, 0.29) is 62.7 Å². The van der Waals surface area contributed by atoms with Crippen molar-refractivity contribution in [3.8, 4) is 5.75 Å². The molecule has 2 heterocycles. The maximum absolute atomic E-state index is 11.6. The van der Waals surface area contributed by atoms with Crippen molar-refractivity contribution in [1.29, 1.82) is 0 Å². The second-order valence-corrected chi connectivity index (χ2v) is 8.02. The summed E-state index contributed by atoms with van der Waals surface area (Å²) in [6.07, 6.45) is -6.23. The summed E-state index contributed by atoms with van der Waals surface area (Å²) >= 11 is 0. The van der Waals surface area contributed by atoms with Crippen LogP contribution in [0.2, 0.25) is 0 Å². The van der Waals surface area contributed by atoms with E-state index < -0.39 is 59.2 Å². The van der Waals surface area contributed by atoms with E-state index in [2.05, 4.69) is 9.50 Å². The molecular weight excluding hydrogens is 477 g/mol. The summed E-state index contributed by atoms with van der Waals surface area (Å²) in [6, 6.07) is 4.60. The third-order valence-electron chi connectivity index (χ3n) is 4.62. The largest absolute Gasteiger partial charge is 1.00 e. The van der Waals surface area contributed by atoms with E-state index in [9.17, 15) is 32.8 Å². The third-order valence-corrected chi connectivity index (χ3v) is 5.05. The number of aliphatic hydroxyl groups excluding tert-OH is 2. The van der Waals surface area contributed by atoms with Crippen LogP contribution in [0, 0.1) is 6.92 Å². The molecule has 1 saturated heterocycles. The molecule has 1 aliphatic rings. The van der Waals surface area contributed by atoms with Crippen LogP contribution in [0.4, 0.5) is 0 Å². The zero-order valence-electron chi connectivity index (χ0n) is 17.4. The average molecular weight is 498 g/mol. The monoisotopic (exact) mass is 497 g/mol. The van der Waals surface area contributed by atoms with Crippen molar-refractivity contribution >= 4 is 27.3 Å². The number of aryl methyl sites for hydroxylation is 1. The molecule has 0 radical (unpaired) electrons. The van der Waals surface area contributed by atoms with E-state index in [1.807, 2.05) is 0 Å². The molecule has 1 aromatic carbocycles. The Morgan fingerprint density at radius 1 is 1.25 bits per heavy atom. The van der Waals surface area contributed by atoms with Gasteiger partial charge in [-0.05, 0) is 24.6 Å². The first-order valence-electron chi connectivity index (χ1n) is 9.05. The molecule has 0 bridgehead atoms. The molecule has 0 saturated carbocycles. The van der Waals surface area contributed by atoms with Crippen molar-refractivity contribution in [2.75, 3.05) is 6.61 Å². The van der Waals surface area contributed by atoms with E-state index in [1.165, 1.54) is 25.1 Å². The molecular formula is C18H20KNO11S. The molecule has 1 amide bonds. The fraction of sp³-hybridized carbons (Fsp3) is 0.444. The Labute approximate surface area is 225 Å². The second-order valence-electron chi connectivity index (χ2n) is 6.97. The molecule has 5 atom stereocenters. The van der Waals surface area contributed by atoms with Crippen LogP contribution in [0.3, 0.4) is 0 Å². The standard InChI is InChI=1S/C18H21NO11S.K/c1-8-5-14(21)29-12-6-10(3-4-11(8)12)28-18-15(19-9(2)20)17(23)16(22)13(30-18)7-27-31(24,25)26;/h3-6,13,15-18,22-23H,7H2,1-2H3,(H,19,20)(H,24,25,26);/q;+1/p-1/t13-,15-,16-,17-,18-;/m1./s1. The van der Waals surface area contributed by atoms with Crippen LogP contribution >= 0.6 is 0 Å². The summed E-state index contributed by atoms with van der Waals surface area (Å²) in [4.78, 5) is 23.2. The van der Waals surface area contributed by atoms with E-state index >= 15 is 0 Å². The quantitative estimate of drug-likeness (QED) is 0.153. The zero-order valence-corrected chi connectivity index (χ0v) is 21.3. The van der Waals surface area contributed by atoms with Gasteiger partial charge in [-0.3, -0.25) is 8.98 Å². The number of hydrogen-bond acceptors (Lipinski definition) is 11. The van der Waals surface area contributed by atoms with Gasteiger partial charge in [0.05, 0.1) is 6.61 Å². The van der Waals surface area contributed by atoms with Gasteiger partial charge in [-0.1, -0.05) is 0 Å². The molecule has 14 heteroatoms. The zero-order chi connectivity index (χ0) is 22.9. The van der Waals surface area contributed by atoms with Crippen LogP contribution in [0.15, 0.2) is 33.5 Å². The molecule has 0 unspecified atom stereocenters.